The van der Waals surface area contributed by atoms with Gasteiger partial charge in [0.15, 0.2) is 0 Å². The minimum Gasteiger partial charge on any atom is -0.276 e. The van der Waals surface area contributed by atoms with E-state index in [0.717, 1.165) is 11.3 Å². The van der Waals surface area contributed by atoms with Crippen LogP contribution in [0, 0.1) is 17.0 Å². The summed E-state index contributed by atoms with van der Waals surface area (Å²) in [7, 11) is 0. The highest BCUT2D eigenvalue weighted by molar-refractivity contribution is 5.99. The highest BCUT2D eigenvalue weighted by atomic mass is 16.6. The Morgan fingerprint density at radius 1 is 0.926 bits per heavy atom. The van der Waals surface area contributed by atoms with Gasteiger partial charge in [-0.15, -0.1) is 10.2 Å². The first kappa shape index (κ1) is 17.9. The maximum Gasteiger partial charge on any atom is 0.269 e. The van der Waals surface area contributed by atoms with Crippen molar-refractivity contribution in [3.05, 3.63) is 100 Å². The van der Waals surface area contributed by atoms with Crippen LogP contribution >= 0.6 is 0 Å². The Morgan fingerprint density at radius 3 is 2.22 bits per heavy atom. The zero-order valence-corrected chi connectivity index (χ0v) is 14.6. The summed E-state index contributed by atoms with van der Waals surface area (Å²) in [5, 5.41) is 23.6. The fraction of sp³-hybridized carbons (Fsp3) is 0.0500. The number of azo groups is 1. The molecule has 0 unspecified atom stereocenters. The number of nitrogens with one attached hydrogen (secondary N) is 1. The number of hydrogen-bond donors (Lipinski definition) is 1. The lowest BCUT2D eigenvalue weighted by Crippen LogP contribution is -2.01. The molecule has 3 rings (SSSR count). The van der Waals surface area contributed by atoms with Crippen LogP contribution in [-0.4, -0.2) is 10.8 Å². The first-order valence-electron chi connectivity index (χ1n) is 8.24. The van der Waals surface area contributed by atoms with Crippen LogP contribution in [0.1, 0.15) is 11.1 Å². The maximum absolute atomic E-state index is 10.9. The minimum absolute atomic E-state index is 0.00425. The lowest BCUT2D eigenvalue weighted by atomic mass is 10.2. The number of aryl methyl sites for hydroxylation is 1. The van der Waals surface area contributed by atoms with Crippen molar-refractivity contribution in [2.45, 2.75) is 6.92 Å². The lowest BCUT2D eigenvalue weighted by Gasteiger charge is -2.03. The standard InChI is InChI=1S/C20H17N5O2/c1-15-7-11-18(12-8-15)22-24-20(23-21-17-5-3-2-4-6-17)16-9-13-19(14-10-16)25(26)27/h2-14,21H,1H3. The van der Waals surface area contributed by atoms with E-state index < -0.39 is 4.92 Å². The normalized spacial score (nSPS) is 11.5. The Morgan fingerprint density at radius 2 is 1.59 bits per heavy atom. The van der Waals surface area contributed by atoms with Crippen molar-refractivity contribution in [2.24, 2.45) is 15.3 Å². The van der Waals surface area contributed by atoms with Gasteiger partial charge in [0.2, 0.25) is 5.84 Å². The molecule has 0 atom stereocenters. The van der Waals surface area contributed by atoms with Gasteiger partial charge < -0.3 is 0 Å². The molecule has 7 nitrogen and oxygen atoms in total. The number of anilines is 1. The van der Waals surface area contributed by atoms with Gasteiger partial charge in [-0.3, -0.25) is 15.5 Å². The van der Waals surface area contributed by atoms with Crippen LogP contribution in [0.4, 0.5) is 17.1 Å². The Kier molecular flexibility index (Phi) is 5.64. The molecule has 3 aromatic carbocycles. The van der Waals surface area contributed by atoms with Crippen molar-refractivity contribution in [3.8, 4) is 0 Å². The summed E-state index contributed by atoms with van der Waals surface area (Å²) in [6.45, 7) is 1.99. The Labute approximate surface area is 156 Å². The van der Waals surface area contributed by atoms with Gasteiger partial charge in [-0.1, -0.05) is 35.9 Å². The zero-order valence-electron chi connectivity index (χ0n) is 14.6. The fourth-order valence-corrected chi connectivity index (χ4v) is 2.22. The second-order valence-corrected chi connectivity index (χ2v) is 5.75. The van der Waals surface area contributed by atoms with Crippen molar-refractivity contribution in [2.75, 3.05) is 5.43 Å². The van der Waals surface area contributed by atoms with Gasteiger partial charge >= 0.3 is 0 Å². The largest absolute Gasteiger partial charge is 0.276 e. The number of nitrogens with zero attached hydrogens (tertiary/aromatic N) is 4. The summed E-state index contributed by atoms with van der Waals surface area (Å²) >= 11 is 0. The number of non-ortho nitro benzene ring substituents is 1. The molecule has 0 saturated carbocycles. The molecule has 134 valence electrons. The van der Waals surface area contributed by atoms with E-state index in [0.29, 0.717) is 17.1 Å². The number of nitro groups is 1. The number of hydrogen-bond acceptors (Lipinski definition) is 5. The van der Waals surface area contributed by atoms with E-state index in [4.69, 9.17) is 0 Å². The summed E-state index contributed by atoms with van der Waals surface area (Å²) in [5.41, 5.74) is 6.15. The highest BCUT2D eigenvalue weighted by Gasteiger charge is 2.08. The van der Waals surface area contributed by atoms with E-state index in [1.54, 1.807) is 12.1 Å². The molecule has 0 spiro atoms. The summed E-state index contributed by atoms with van der Waals surface area (Å²) in [6, 6.07) is 23.0. The average Bonchev–Trinajstić information content (AvgIpc) is 2.70. The number of benzene rings is 3. The van der Waals surface area contributed by atoms with Crippen LogP contribution in [0.25, 0.3) is 0 Å². The highest BCUT2D eigenvalue weighted by Crippen LogP contribution is 2.17. The number of hydrazone groups is 1. The van der Waals surface area contributed by atoms with Crippen LogP contribution < -0.4 is 5.43 Å². The summed E-state index contributed by atoms with van der Waals surface area (Å²) in [4.78, 5) is 10.4. The Hall–Kier alpha value is -3.87. The molecular weight excluding hydrogens is 342 g/mol. The summed E-state index contributed by atoms with van der Waals surface area (Å²) < 4.78 is 0. The summed E-state index contributed by atoms with van der Waals surface area (Å²) in [6.07, 6.45) is 0. The molecule has 0 aliphatic heterocycles. The molecule has 0 aliphatic rings. The molecule has 0 saturated heterocycles. The Bertz CT molecular complexity index is 966. The van der Waals surface area contributed by atoms with Crippen LogP contribution in [0.15, 0.2) is 94.2 Å². The monoisotopic (exact) mass is 359 g/mol. The SMILES string of the molecule is Cc1ccc(N=NC(=NNc2ccccc2)c2ccc([N+](=O)[O-])cc2)cc1. The van der Waals surface area contributed by atoms with E-state index >= 15 is 0 Å². The predicted octanol–water partition coefficient (Wildman–Crippen LogP) is 5.46. The third-order valence-electron chi connectivity index (χ3n) is 3.70. The first-order chi connectivity index (χ1) is 13.1. The van der Waals surface area contributed by atoms with Gasteiger partial charge in [-0.25, -0.2) is 0 Å². The van der Waals surface area contributed by atoms with Crippen molar-refractivity contribution >= 4 is 22.9 Å². The number of rotatable bonds is 5. The number of amidine groups is 1. The van der Waals surface area contributed by atoms with Gasteiger partial charge in [-0.05, 0) is 43.3 Å². The molecule has 3 aromatic rings. The lowest BCUT2D eigenvalue weighted by molar-refractivity contribution is -0.384. The molecule has 0 aromatic heterocycles. The van der Waals surface area contributed by atoms with Gasteiger partial charge in [0, 0.05) is 17.7 Å². The second kappa shape index (κ2) is 8.48. The molecule has 27 heavy (non-hydrogen) atoms. The van der Waals surface area contributed by atoms with Crippen molar-refractivity contribution < 1.29 is 4.92 Å². The van der Waals surface area contributed by atoms with E-state index in [2.05, 4.69) is 20.8 Å². The van der Waals surface area contributed by atoms with Crippen molar-refractivity contribution in [3.63, 3.8) is 0 Å². The van der Waals surface area contributed by atoms with Gasteiger partial charge in [0.05, 0.1) is 16.3 Å². The molecule has 0 amide bonds. The molecule has 0 heterocycles. The van der Waals surface area contributed by atoms with Crippen LogP contribution in [0.3, 0.4) is 0 Å². The molecule has 0 fully saturated rings. The van der Waals surface area contributed by atoms with Gasteiger partial charge in [0.1, 0.15) is 0 Å². The Balaban J connectivity index is 1.90. The second-order valence-electron chi connectivity index (χ2n) is 5.75. The topological polar surface area (TPSA) is 92.2 Å². The molecule has 0 bridgehead atoms. The minimum atomic E-state index is -0.448. The maximum atomic E-state index is 10.9. The number of para-hydroxylation sites is 1. The van der Waals surface area contributed by atoms with Crippen molar-refractivity contribution in [1.82, 2.24) is 0 Å². The van der Waals surface area contributed by atoms with E-state index in [-0.39, 0.29) is 5.69 Å². The van der Waals surface area contributed by atoms with Crippen LogP contribution in [-0.2, 0) is 0 Å². The molecular formula is C20H17N5O2. The van der Waals surface area contributed by atoms with Crippen LogP contribution in [0.5, 0.6) is 0 Å². The van der Waals surface area contributed by atoms with Crippen LogP contribution in [0.2, 0.25) is 0 Å². The third kappa shape index (κ3) is 5.05. The summed E-state index contributed by atoms with van der Waals surface area (Å²) in [5.74, 6) is 0.314. The number of nitro benzene ring substituents is 1. The van der Waals surface area contributed by atoms with E-state index in [9.17, 15) is 10.1 Å². The fourth-order valence-electron chi connectivity index (χ4n) is 2.22. The zero-order chi connectivity index (χ0) is 19.1. The average molecular weight is 359 g/mol. The quantitative estimate of drug-likeness (QED) is 0.215. The third-order valence-corrected chi connectivity index (χ3v) is 3.70. The van der Waals surface area contributed by atoms with E-state index in [1.165, 1.54) is 12.1 Å². The van der Waals surface area contributed by atoms with Gasteiger partial charge in [0.25, 0.3) is 5.69 Å². The predicted molar refractivity (Wildman–Crippen MR) is 105 cm³/mol. The van der Waals surface area contributed by atoms with Crippen molar-refractivity contribution in [1.29, 1.82) is 0 Å². The van der Waals surface area contributed by atoms with E-state index in [1.807, 2.05) is 61.5 Å². The smallest absolute Gasteiger partial charge is 0.269 e. The molecule has 0 radical (unpaired) electrons. The molecule has 0 aliphatic carbocycles. The molecule has 7 heteroatoms. The molecule has 1 N–H and O–H groups in total. The first-order valence-corrected chi connectivity index (χ1v) is 8.24. The van der Waals surface area contributed by atoms with Gasteiger partial charge in [-0.2, -0.15) is 5.10 Å².